The number of nitrogens with two attached hydrogens (primary N) is 1. The van der Waals surface area contributed by atoms with Gasteiger partial charge in [-0.15, -0.1) is 0 Å². The predicted molar refractivity (Wildman–Crippen MR) is 124 cm³/mol. The minimum Gasteiger partial charge on any atom is -0.438 e. The number of hydrogen-bond donors (Lipinski definition) is 2. The number of benzene rings is 1. The highest BCUT2D eigenvalue weighted by atomic mass is 35.5. The summed E-state index contributed by atoms with van der Waals surface area (Å²) in [5.74, 6) is -0.377. The molecule has 0 radical (unpaired) electrons. The van der Waals surface area contributed by atoms with Crippen LogP contribution in [0.4, 0.5) is 19.1 Å². The van der Waals surface area contributed by atoms with Crippen molar-refractivity contribution in [2.45, 2.75) is 44.4 Å². The molecule has 0 aliphatic heterocycles. The van der Waals surface area contributed by atoms with Crippen molar-refractivity contribution >= 4 is 23.4 Å². The van der Waals surface area contributed by atoms with Crippen molar-refractivity contribution in [2.75, 3.05) is 5.32 Å². The summed E-state index contributed by atoms with van der Waals surface area (Å²) in [7, 11) is 0. The minimum atomic E-state index is -4.73. The fourth-order valence-corrected chi connectivity index (χ4v) is 3.00. The lowest BCUT2D eigenvalue weighted by Crippen LogP contribution is -2.35. The van der Waals surface area contributed by atoms with Crippen molar-refractivity contribution in [1.29, 1.82) is 0 Å². The molecule has 0 amide bonds. The van der Waals surface area contributed by atoms with Gasteiger partial charge in [0.25, 0.3) is 0 Å². The second-order valence-electron chi connectivity index (χ2n) is 8.31. The highest BCUT2D eigenvalue weighted by molar-refractivity contribution is 6.30. The SMILES string of the molecule is CC(C)(/C(N)=C/C(=NC1CC1)Nc1ncc(C(F)(F)F)c(Oc2ccc(Cl)cc2)n1)n1nccn1. The van der Waals surface area contributed by atoms with Gasteiger partial charge in [0.1, 0.15) is 22.7 Å². The molecule has 1 saturated carbocycles. The molecular formula is C22H22ClF3N8O. The van der Waals surface area contributed by atoms with Gasteiger partial charge in [0.2, 0.25) is 11.8 Å². The van der Waals surface area contributed by atoms with Crippen molar-refractivity contribution in [1.82, 2.24) is 25.0 Å². The highest BCUT2D eigenvalue weighted by Crippen LogP contribution is 2.37. The van der Waals surface area contributed by atoms with Crippen LogP contribution in [0.25, 0.3) is 0 Å². The number of nitrogens with zero attached hydrogens (tertiary/aromatic N) is 6. The van der Waals surface area contributed by atoms with Gasteiger partial charge in [0, 0.05) is 23.0 Å². The third-order valence-electron chi connectivity index (χ3n) is 5.11. The molecular weight excluding hydrogens is 485 g/mol. The number of rotatable bonds is 7. The molecule has 13 heteroatoms. The monoisotopic (exact) mass is 506 g/mol. The zero-order valence-corrected chi connectivity index (χ0v) is 19.5. The lowest BCUT2D eigenvalue weighted by atomic mass is 10.0. The molecule has 3 aromatic rings. The van der Waals surface area contributed by atoms with E-state index < -0.39 is 23.2 Å². The highest BCUT2D eigenvalue weighted by Gasteiger charge is 2.36. The third kappa shape index (κ3) is 6.07. The molecule has 0 bridgehead atoms. The molecule has 1 fully saturated rings. The summed E-state index contributed by atoms with van der Waals surface area (Å²) in [5.41, 5.74) is 4.78. The number of amidine groups is 1. The number of alkyl halides is 3. The van der Waals surface area contributed by atoms with Crippen LogP contribution in [0.2, 0.25) is 5.02 Å². The molecule has 0 unspecified atom stereocenters. The summed E-state index contributed by atoms with van der Waals surface area (Å²) in [5, 5.41) is 11.5. The molecule has 0 atom stereocenters. The average molecular weight is 507 g/mol. The van der Waals surface area contributed by atoms with E-state index in [1.807, 2.05) is 13.8 Å². The number of aliphatic imine (C=N–C) groups is 1. The van der Waals surface area contributed by atoms with E-state index in [0.717, 1.165) is 12.8 Å². The van der Waals surface area contributed by atoms with Gasteiger partial charge in [-0.25, -0.2) is 4.98 Å². The Kier molecular flexibility index (Phi) is 6.66. The van der Waals surface area contributed by atoms with Crippen molar-refractivity contribution < 1.29 is 17.9 Å². The summed E-state index contributed by atoms with van der Waals surface area (Å²) in [6, 6.07) is 5.94. The number of halogens is 4. The average Bonchev–Trinajstić information content (AvgIpc) is 3.41. The van der Waals surface area contributed by atoms with Crippen molar-refractivity contribution in [3.05, 3.63) is 65.2 Å². The van der Waals surface area contributed by atoms with Crippen molar-refractivity contribution in [2.24, 2.45) is 10.7 Å². The lowest BCUT2D eigenvalue weighted by Gasteiger charge is -2.24. The largest absolute Gasteiger partial charge is 0.438 e. The Bertz CT molecular complexity index is 1240. The summed E-state index contributed by atoms with van der Waals surface area (Å²) in [4.78, 5) is 13.8. The Balaban J connectivity index is 1.65. The van der Waals surface area contributed by atoms with Gasteiger partial charge >= 0.3 is 6.18 Å². The van der Waals surface area contributed by atoms with Crippen LogP contribution in [-0.4, -0.2) is 36.8 Å². The van der Waals surface area contributed by atoms with Crippen LogP contribution in [0, 0.1) is 0 Å². The maximum absolute atomic E-state index is 13.6. The molecule has 1 aliphatic rings. The normalized spacial score (nSPS) is 15.3. The Morgan fingerprint density at radius 3 is 2.46 bits per heavy atom. The number of hydrogen-bond acceptors (Lipinski definition) is 7. The molecule has 2 heterocycles. The summed E-state index contributed by atoms with van der Waals surface area (Å²) in [6.45, 7) is 3.64. The first-order valence-electron chi connectivity index (χ1n) is 10.6. The quantitative estimate of drug-likeness (QED) is 0.350. The van der Waals surface area contributed by atoms with Crippen molar-refractivity contribution in [3.63, 3.8) is 0 Å². The number of ether oxygens (including phenoxy) is 1. The summed E-state index contributed by atoms with van der Waals surface area (Å²) >= 11 is 5.84. The first kappa shape index (κ1) is 24.5. The molecule has 9 nitrogen and oxygen atoms in total. The number of allylic oxidation sites excluding steroid dienone is 1. The fourth-order valence-electron chi connectivity index (χ4n) is 2.88. The van der Waals surface area contributed by atoms with Crippen molar-refractivity contribution in [3.8, 4) is 11.6 Å². The van der Waals surface area contributed by atoms with E-state index in [2.05, 4.69) is 30.5 Å². The van der Waals surface area contributed by atoms with E-state index in [9.17, 15) is 13.2 Å². The van der Waals surface area contributed by atoms with Gasteiger partial charge in [0.05, 0.1) is 18.4 Å². The predicted octanol–water partition coefficient (Wildman–Crippen LogP) is 4.78. The Hall–Kier alpha value is -3.67. The molecule has 35 heavy (non-hydrogen) atoms. The molecule has 0 spiro atoms. The molecule has 184 valence electrons. The van der Waals surface area contributed by atoms with Gasteiger partial charge in [-0.1, -0.05) is 11.6 Å². The molecule has 1 aromatic carbocycles. The molecule has 2 aromatic heterocycles. The van der Waals surface area contributed by atoms with E-state index in [1.165, 1.54) is 41.5 Å². The van der Waals surface area contributed by atoms with E-state index in [4.69, 9.17) is 22.1 Å². The van der Waals surface area contributed by atoms with Gasteiger partial charge < -0.3 is 15.8 Å². The Morgan fingerprint density at radius 1 is 1.20 bits per heavy atom. The minimum absolute atomic E-state index is 0.0757. The maximum atomic E-state index is 13.6. The summed E-state index contributed by atoms with van der Waals surface area (Å²) < 4.78 is 46.1. The fraction of sp³-hybridized carbons (Fsp3) is 0.318. The Morgan fingerprint density at radius 2 is 1.86 bits per heavy atom. The standard InChI is InChI=1S/C22H22ClF3N8O/c1-21(2,34-29-9-10-30-34)17(27)11-18(31-14-5-6-14)32-20-28-12-16(22(24,25)26)19(33-20)35-15-7-3-13(23)4-8-15/h3-4,7-12,14H,5-6,27H2,1-2H3,(H,28,31,32,33)/b17-11-. The van der Waals surface area contributed by atoms with Crippen LogP contribution in [0.15, 0.2) is 59.6 Å². The third-order valence-corrected chi connectivity index (χ3v) is 5.37. The molecule has 0 saturated heterocycles. The Labute approximate surface area is 203 Å². The van der Waals surface area contributed by atoms with Crippen LogP contribution < -0.4 is 15.8 Å². The second kappa shape index (κ2) is 9.53. The zero-order valence-electron chi connectivity index (χ0n) is 18.8. The second-order valence-corrected chi connectivity index (χ2v) is 8.75. The van der Waals surface area contributed by atoms with Crippen LogP contribution in [-0.2, 0) is 11.7 Å². The maximum Gasteiger partial charge on any atom is 0.423 e. The van der Waals surface area contributed by atoms with E-state index in [-0.39, 0.29) is 17.7 Å². The van der Waals surface area contributed by atoms with Crippen LogP contribution in [0.1, 0.15) is 32.3 Å². The van der Waals surface area contributed by atoms with Crippen LogP contribution >= 0.6 is 11.6 Å². The number of nitrogens with one attached hydrogen (secondary N) is 1. The molecule has 3 N–H and O–H groups in total. The first-order chi connectivity index (χ1) is 16.5. The zero-order chi connectivity index (χ0) is 25.2. The van der Waals surface area contributed by atoms with Gasteiger partial charge in [-0.2, -0.15) is 33.1 Å². The topological polar surface area (TPSA) is 116 Å². The number of aromatic nitrogens is 5. The lowest BCUT2D eigenvalue weighted by molar-refractivity contribution is -0.139. The first-order valence-corrected chi connectivity index (χ1v) is 11.0. The summed E-state index contributed by atoms with van der Waals surface area (Å²) in [6.07, 6.45) is 2.35. The van der Waals surface area contributed by atoms with Crippen LogP contribution in [0.5, 0.6) is 11.6 Å². The van der Waals surface area contributed by atoms with E-state index in [0.29, 0.717) is 22.8 Å². The molecule has 4 rings (SSSR count). The van der Waals surface area contributed by atoms with Gasteiger partial charge in [-0.3, -0.25) is 4.99 Å². The van der Waals surface area contributed by atoms with Crippen LogP contribution in [0.3, 0.4) is 0 Å². The molecule has 1 aliphatic carbocycles. The van der Waals surface area contributed by atoms with Gasteiger partial charge in [-0.05, 0) is 51.0 Å². The van der Waals surface area contributed by atoms with E-state index >= 15 is 0 Å². The van der Waals surface area contributed by atoms with Gasteiger partial charge in [0.15, 0.2) is 0 Å². The number of anilines is 1. The van der Waals surface area contributed by atoms with E-state index in [1.54, 1.807) is 6.08 Å². The smallest absolute Gasteiger partial charge is 0.423 e.